The van der Waals surface area contributed by atoms with Gasteiger partial charge in [0.05, 0.1) is 5.56 Å². The molecule has 1 aromatic rings. The van der Waals surface area contributed by atoms with Crippen molar-refractivity contribution in [1.29, 1.82) is 0 Å². The lowest BCUT2D eigenvalue weighted by molar-refractivity contribution is -0.144. The molecule has 1 aliphatic rings. The highest BCUT2D eigenvalue weighted by Gasteiger charge is 2.48. The Labute approximate surface area is 108 Å². The minimum Gasteiger partial charge on any atom is -0.480 e. The normalized spacial score (nSPS) is 17.6. The van der Waals surface area contributed by atoms with Crippen LogP contribution in [0.25, 0.3) is 0 Å². The summed E-state index contributed by atoms with van der Waals surface area (Å²) < 4.78 is 26.4. The predicted octanol–water partition coefficient (Wildman–Crippen LogP) is 1.95. The molecule has 19 heavy (non-hydrogen) atoms. The molecule has 1 fully saturated rings. The molecule has 0 saturated heterocycles. The van der Waals surface area contributed by atoms with Crippen LogP contribution in [0.15, 0.2) is 18.2 Å². The van der Waals surface area contributed by atoms with Gasteiger partial charge in [-0.2, -0.15) is 0 Å². The standard InChI is InChI=1S/C13H13F2NO3/c1-13(12(18)19,7-2-3-7)16-11(17)9-6-8(14)4-5-10(9)15/h4-7H,2-3H2,1H3,(H,16,17)(H,18,19). The summed E-state index contributed by atoms with van der Waals surface area (Å²) in [5.74, 6) is -3.92. The minimum absolute atomic E-state index is 0.175. The number of aliphatic carboxylic acids is 1. The van der Waals surface area contributed by atoms with Crippen LogP contribution >= 0.6 is 0 Å². The highest BCUT2D eigenvalue weighted by atomic mass is 19.1. The molecule has 1 atom stereocenters. The summed E-state index contributed by atoms with van der Waals surface area (Å²) >= 11 is 0. The van der Waals surface area contributed by atoms with Crippen molar-refractivity contribution in [2.75, 3.05) is 0 Å². The van der Waals surface area contributed by atoms with Crippen molar-refractivity contribution in [3.8, 4) is 0 Å². The first-order valence-electron chi connectivity index (χ1n) is 5.85. The van der Waals surface area contributed by atoms with Gasteiger partial charge in [-0.25, -0.2) is 13.6 Å². The third kappa shape index (κ3) is 2.57. The summed E-state index contributed by atoms with van der Waals surface area (Å²) in [5, 5.41) is 11.5. The summed E-state index contributed by atoms with van der Waals surface area (Å²) in [7, 11) is 0. The number of carbonyl (C=O) groups excluding carboxylic acids is 1. The smallest absolute Gasteiger partial charge is 0.329 e. The fourth-order valence-corrected chi connectivity index (χ4v) is 1.97. The van der Waals surface area contributed by atoms with Gasteiger partial charge in [-0.15, -0.1) is 0 Å². The van der Waals surface area contributed by atoms with Crippen LogP contribution in [0.3, 0.4) is 0 Å². The van der Waals surface area contributed by atoms with Crippen LogP contribution in [0.5, 0.6) is 0 Å². The maximum atomic E-state index is 13.4. The number of carbonyl (C=O) groups is 2. The average Bonchev–Trinajstić information content (AvgIpc) is 3.16. The SMILES string of the molecule is CC(NC(=O)c1cc(F)ccc1F)(C(=O)O)C1CC1. The molecule has 1 amide bonds. The van der Waals surface area contributed by atoms with Gasteiger partial charge in [0.2, 0.25) is 0 Å². The first-order valence-corrected chi connectivity index (χ1v) is 5.85. The van der Waals surface area contributed by atoms with E-state index >= 15 is 0 Å². The lowest BCUT2D eigenvalue weighted by Crippen LogP contribution is -2.54. The van der Waals surface area contributed by atoms with Gasteiger partial charge in [0.1, 0.15) is 17.2 Å². The fraction of sp³-hybridized carbons (Fsp3) is 0.385. The molecule has 102 valence electrons. The topological polar surface area (TPSA) is 66.4 Å². The second-order valence-corrected chi connectivity index (χ2v) is 4.86. The zero-order valence-electron chi connectivity index (χ0n) is 10.2. The Bertz CT molecular complexity index is 543. The van der Waals surface area contributed by atoms with Crippen LogP contribution in [0.2, 0.25) is 0 Å². The maximum absolute atomic E-state index is 13.4. The van der Waals surface area contributed by atoms with Gasteiger partial charge >= 0.3 is 5.97 Å². The Balaban J connectivity index is 2.25. The molecule has 0 spiro atoms. The zero-order chi connectivity index (χ0) is 14.2. The van der Waals surface area contributed by atoms with Crippen LogP contribution in [-0.2, 0) is 4.79 Å². The maximum Gasteiger partial charge on any atom is 0.329 e. The Kier molecular flexibility index (Phi) is 3.26. The van der Waals surface area contributed by atoms with Crippen LogP contribution in [-0.4, -0.2) is 22.5 Å². The largest absolute Gasteiger partial charge is 0.480 e. The lowest BCUT2D eigenvalue weighted by atomic mass is 9.95. The van der Waals surface area contributed by atoms with Gasteiger partial charge in [-0.05, 0) is 43.9 Å². The van der Waals surface area contributed by atoms with E-state index in [9.17, 15) is 23.5 Å². The number of benzene rings is 1. The van der Waals surface area contributed by atoms with E-state index in [1.807, 2.05) is 0 Å². The molecule has 0 radical (unpaired) electrons. The van der Waals surface area contributed by atoms with Gasteiger partial charge in [0.25, 0.3) is 5.91 Å². The molecule has 1 aliphatic carbocycles. The third-order valence-electron chi connectivity index (χ3n) is 3.38. The molecule has 2 N–H and O–H groups in total. The number of rotatable bonds is 4. The number of nitrogens with one attached hydrogen (secondary N) is 1. The molecular formula is C13H13F2NO3. The van der Waals surface area contributed by atoms with Gasteiger partial charge < -0.3 is 10.4 Å². The molecule has 0 heterocycles. The second-order valence-electron chi connectivity index (χ2n) is 4.86. The summed E-state index contributed by atoms with van der Waals surface area (Å²) in [4.78, 5) is 23.1. The van der Waals surface area contributed by atoms with Crippen LogP contribution < -0.4 is 5.32 Å². The van der Waals surface area contributed by atoms with Crippen LogP contribution in [0, 0.1) is 17.6 Å². The van der Waals surface area contributed by atoms with E-state index in [-0.39, 0.29) is 5.92 Å². The predicted molar refractivity (Wildman–Crippen MR) is 62.6 cm³/mol. The summed E-state index contributed by atoms with van der Waals surface area (Å²) in [6.07, 6.45) is 1.38. The van der Waals surface area contributed by atoms with Crippen molar-refractivity contribution in [2.45, 2.75) is 25.3 Å². The van der Waals surface area contributed by atoms with E-state index in [2.05, 4.69) is 5.32 Å². The third-order valence-corrected chi connectivity index (χ3v) is 3.38. The highest BCUT2D eigenvalue weighted by molar-refractivity contribution is 5.98. The van der Waals surface area contributed by atoms with E-state index < -0.39 is 34.6 Å². The summed E-state index contributed by atoms with van der Waals surface area (Å²) in [6, 6.07) is 2.47. The first-order chi connectivity index (χ1) is 8.84. The Hall–Kier alpha value is -1.98. The molecule has 0 bridgehead atoms. The van der Waals surface area contributed by atoms with Crippen molar-refractivity contribution in [2.24, 2.45) is 5.92 Å². The highest BCUT2D eigenvalue weighted by Crippen LogP contribution is 2.39. The Morgan fingerprint density at radius 2 is 2.00 bits per heavy atom. The molecule has 1 aromatic carbocycles. The van der Waals surface area contributed by atoms with E-state index in [0.717, 1.165) is 18.2 Å². The van der Waals surface area contributed by atoms with E-state index in [0.29, 0.717) is 12.8 Å². The second kappa shape index (κ2) is 4.60. The quantitative estimate of drug-likeness (QED) is 0.878. The monoisotopic (exact) mass is 269 g/mol. The van der Waals surface area contributed by atoms with Crippen molar-refractivity contribution in [3.63, 3.8) is 0 Å². The summed E-state index contributed by atoms with van der Waals surface area (Å²) in [6.45, 7) is 1.38. The number of hydrogen-bond donors (Lipinski definition) is 2. The lowest BCUT2D eigenvalue weighted by Gasteiger charge is -2.26. The average molecular weight is 269 g/mol. The number of hydrogen-bond acceptors (Lipinski definition) is 2. The van der Waals surface area contributed by atoms with Gasteiger partial charge in [-0.3, -0.25) is 4.79 Å². The molecule has 2 rings (SSSR count). The van der Waals surface area contributed by atoms with Crippen LogP contribution in [0.1, 0.15) is 30.1 Å². The van der Waals surface area contributed by atoms with E-state index in [1.54, 1.807) is 0 Å². The molecule has 0 aliphatic heterocycles. The van der Waals surface area contributed by atoms with Gasteiger partial charge in [0, 0.05) is 0 Å². The van der Waals surface area contributed by atoms with Gasteiger partial charge in [-0.1, -0.05) is 0 Å². The molecule has 1 unspecified atom stereocenters. The fourth-order valence-electron chi connectivity index (χ4n) is 1.97. The Morgan fingerprint density at radius 3 is 2.53 bits per heavy atom. The number of carboxylic acids is 1. The summed E-state index contributed by atoms with van der Waals surface area (Å²) in [5.41, 5.74) is -1.94. The number of carboxylic acid groups (broad SMARTS) is 1. The molecule has 4 nitrogen and oxygen atoms in total. The molecule has 1 saturated carbocycles. The molecule has 0 aromatic heterocycles. The van der Waals surface area contributed by atoms with Crippen molar-refractivity contribution < 1.29 is 23.5 Å². The van der Waals surface area contributed by atoms with Crippen molar-refractivity contribution in [3.05, 3.63) is 35.4 Å². The number of amides is 1. The van der Waals surface area contributed by atoms with Gasteiger partial charge in [0.15, 0.2) is 0 Å². The van der Waals surface area contributed by atoms with Crippen LogP contribution in [0.4, 0.5) is 8.78 Å². The molecule has 6 heteroatoms. The van der Waals surface area contributed by atoms with Crippen molar-refractivity contribution >= 4 is 11.9 Å². The van der Waals surface area contributed by atoms with E-state index in [4.69, 9.17) is 0 Å². The first kappa shape index (κ1) is 13.5. The minimum atomic E-state index is -1.45. The molecular weight excluding hydrogens is 256 g/mol. The zero-order valence-corrected chi connectivity index (χ0v) is 10.2. The van der Waals surface area contributed by atoms with Crippen molar-refractivity contribution in [1.82, 2.24) is 5.32 Å². The Morgan fingerprint density at radius 1 is 1.37 bits per heavy atom. The number of halogens is 2. The van der Waals surface area contributed by atoms with E-state index in [1.165, 1.54) is 6.92 Å².